The van der Waals surface area contributed by atoms with Crippen molar-refractivity contribution in [2.75, 3.05) is 6.79 Å². The van der Waals surface area contributed by atoms with Crippen LogP contribution in [0.25, 0.3) is 17.1 Å². The third-order valence-electron chi connectivity index (χ3n) is 3.87. The third-order valence-corrected chi connectivity index (χ3v) is 5.88. The molecule has 0 saturated carbocycles. The van der Waals surface area contributed by atoms with Crippen LogP contribution in [0.2, 0.25) is 0 Å². The topological polar surface area (TPSA) is 110 Å². The fraction of sp³-hybridized carbons (Fsp3) is 0.0526. The molecule has 2 aromatic carbocycles. The minimum Gasteiger partial charge on any atom is -0.477 e. The molecule has 146 valence electrons. The molecule has 2 aromatic heterocycles. The van der Waals surface area contributed by atoms with Crippen LogP contribution in [0.15, 0.2) is 70.3 Å². The van der Waals surface area contributed by atoms with E-state index in [2.05, 4.69) is 15.2 Å². The molecule has 0 bridgehead atoms. The van der Waals surface area contributed by atoms with Gasteiger partial charge in [-0.05, 0) is 36.0 Å². The van der Waals surface area contributed by atoms with Crippen LogP contribution in [0.5, 0.6) is 5.75 Å². The quantitative estimate of drug-likeness (QED) is 0.432. The summed E-state index contributed by atoms with van der Waals surface area (Å²) >= 11 is 2.29. The second-order valence-corrected chi connectivity index (χ2v) is 7.89. The van der Waals surface area contributed by atoms with Crippen LogP contribution < -0.4 is 4.74 Å². The molecule has 0 aliphatic rings. The molecular formula is C19H14N4O4S2. The first kappa shape index (κ1) is 19.1. The molecule has 29 heavy (non-hydrogen) atoms. The molecule has 2 N–H and O–H groups in total. The first-order valence-corrected chi connectivity index (χ1v) is 10.0. The Bertz CT molecular complexity index is 1140. The van der Waals surface area contributed by atoms with E-state index < -0.39 is 12.8 Å². The van der Waals surface area contributed by atoms with Gasteiger partial charge in [-0.25, -0.2) is 9.78 Å². The smallest absolute Gasteiger partial charge is 0.347 e. The Morgan fingerprint density at radius 3 is 2.59 bits per heavy atom. The summed E-state index contributed by atoms with van der Waals surface area (Å²) in [5.74, 6) is -0.0223. The number of carboxylic acids is 1. The van der Waals surface area contributed by atoms with Gasteiger partial charge in [-0.15, -0.1) is 21.5 Å². The van der Waals surface area contributed by atoms with Gasteiger partial charge in [0.1, 0.15) is 10.6 Å². The standard InChI is InChI=1S/C19H14N4O4S2/c24-11-27-14-9-5-4-8-13(14)16-21-22-18(23(16)12-6-2-1-3-7-12)29-19-20-10-15(28-19)17(25)26/h1-10,24H,11H2,(H,25,26). The highest BCUT2D eigenvalue weighted by Gasteiger charge is 2.21. The van der Waals surface area contributed by atoms with E-state index >= 15 is 0 Å². The molecule has 0 radical (unpaired) electrons. The van der Waals surface area contributed by atoms with Crippen LogP contribution >= 0.6 is 23.1 Å². The van der Waals surface area contributed by atoms with Crippen molar-refractivity contribution in [3.8, 4) is 22.8 Å². The van der Waals surface area contributed by atoms with Crippen LogP contribution in [-0.4, -0.2) is 42.7 Å². The fourth-order valence-electron chi connectivity index (χ4n) is 2.65. The monoisotopic (exact) mass is 426 g/mol. The maximum Gasteiger partial charge on any atom is 0.347 e. The van der Waals surface area contributed by atoms with E-state index in [9.17, 15) is 9.90 Å². The number of para-hydroxylation sites is 2. The van der Waals surface area contributed by atoms with Crippen LogP contribution in [0.4, 0.5) is 0 Å². The number of nitrogens with zero attached hydrogens (tertiary/aromatic N) is 4. The normalized spacial score (nSPS) is 10.8. The third kappa shape index (κ3) is 3.99. The van der Waals surface area contributed by atoms with E-state index in [-0.39, 0.29) is 4.88 Å². The average Bonchev–Trinajstić information content (AvgIpc) is 3.37. The minimum atomic E-state index is -1.02. The molecule has 0 amide bonds. The van der Waals surface area contributed by atoms with Crippen molar-refractivity contribution in [2.24, 2.45) is 0 Å². The largest absolute Gasteiger partial charge is 0.477 e. The number of aliphatic hydroxyl groups excluding tert-OH is 1. The molecule has 0 fully saturated rings. The number of benzene rings is 2. The summed E-state index contributed by atoms with van der Waals surface area (Å²) in [5, 5.41) is 27.5. The summed E-state index contributed by atoms with van der Waals surface area (Å²) in [7, 11) is 0. The van der Waals surface area contributed by atoms with Crippen molar-refractivity contribution in [3.05, 3.63) is 65.7 Å². The van der Waals surface area contributed by atoms with Crippen molar-refractivity contribution in [2.45, 2.75) is 9.50 Å². The molecular weight excluding hydrogens is 412 g/mol. The summed E-state index contributed by atoms with van der Waals surface area (Å²) in [6.45, 7) is -0.463. The van der Waals surface area contributed by atoms with Gasteiger partial charge in [0.15, 0.2) is 17.0 Å². The van der Waals surface area contributed by atoms with Gasteiger partial charge in [-0.1, -0.05) is 30.3 Å². The van der Waals surface area contributed by atoms with E-state index in [4.69, 9.17) is 9.84 Å². The Kier molecular flexibility index (Phi) is 5.56. The first-order chi connectivity index (χ1) is 14.2. The highest BCUT2D eigenvalue weighted by atomic mass is 32.2. The second-order valence-electron chi connectivity index (χ2n) is 5.64. The van der Waals surface area contributed by atoms with Crippen LogP contribution in [-0.2, 0) is 0 Å². The molecule has 10 heteroatoms. The number of carboxylic acid groups (broad SMARTS) is 1. The number of aliphatic hydroxyl groups is 1. The zero-order valence-electron chi connectivity index (χ0n) is 14.8. The predicted molar refractivity (Wildman–Crippen MR) is 108 cm³/mol. The summed E-state index contributed by atoms with van der Waals surface area (Å²) in [6.07, 6.45) is 1.32. The summed E-state index contributed by atoms with van der Waals surface area (Å²) in [6, 6.07) is 16.7. The van der Waals surface area contributed by atoms with Crippen molar-refractivity contribution in [1.82, 2.24) is 19.7 Å². The summed E-state index contributed by atoms with van der Waals surface area (Å²) < 4.78 is 7.71. The molecule has 4 rings (SSSR count). The zero-order chi connectivity index (χ0) is 20.2. The number of hydrogen-bond acceptors (Lipinski definition) is 8. The Morgan fingerprint density at radius 1 is 1.10 bits per heavy atom. The number of thiazole rings is 1. The molecule has 0 aliphatic heterocycles. The van der Waals surface area contributed by atoms with Gasteiger partial charge in [-0.2, -0.15) is 0 Å². The van der Waals surface area contributed by atoms with Gasteiger partial charge in [0.2, 0.25) is 5.16 Å². The zero-order valence-corrected chi connectivity index (χ0v) is 16.4. The lowest BCUT2D eigenvalue weighted by molar-refractivity contribution is 0.0701. The maximum atomic E-state index is 11.1. The molecule has 4 aromatic rings. The molecule has 0 spiro atoms. The van der Waals surface area contributed by atoms with Gasteiger partial charge in [-0.3, -0.25) is 4.57 Å². The number of aromatic carboxylic acids is 1. The lowest BCUT2D eigenvalue weighted by Gasteiger charge is -2.12. The SMILES string of the molecule is O=C(O)c1cnc(Sc2nnc(-c3ccccc3OCO)n2-c2ccccc2)s1. The van der Waals surface area contributed by atoms with Crippen molar-refractivity contribution in [3.63, 3.8) is 0 Å². The highest BCUT2D eigenvalue weighted by molar-refractivity contribution is 8.00. The van der Waals surface area contributed by atoms with Gasteiger partial charge >= 0.3 is 5.97 Å². The lowest BCUT2D eigenvalue weighted by Crippen LogP contribution is -2.02. The molecule has 2 heterocycles. The number of ether oxygens (including phenoxy) is 1. The maximum absolute atomic E-state index is 11.1. The van der Waals surface area contributed by atoms with Crippen molar-refractivity contribution < 1.29 is 19.7 Å². The van der Waals surface area contributed by atoms with Gasteiger partial charge < -0.3 is 14.9 Å². The number of rotatable bonds is 7. The predicted octanol–water partition coefficient (Wildman–Crippen LogP) is 3.57. The number of aromatic nitrogens is 4. The average molecular weight is 426 g/mol. The van der Waals surface area contributed by atoms with E-state index in [0.29, 0.717) is 26.6 Å². The fourth-order valence-corrected chi connectivity index (χ4v) is 4.42. The van der Waals surface area contributed by atoms with E-state index in [1.54, 1.807) is 12.1 Å². The van der Waals surface area contributed by atoms with Crippen molar-refractivity contribution >= 4 is 29.1 Å². The first-order valence-electron chi connectivity index (χ1n) is 8.38. The molecule has 0 saturated heterocycles. The molecule has 0 unspecified atom stereocenters. The molecule has 0 atom stereocenters. The Balaban J connectivity index is 1.82. The number of carbonyl (C=O) groups is 1. The summed E-state index contributed by atoms with van der Waals surface area (Å²) in [4.78, 5) is 15.4. The van der Waals surface area contributed by atoms with Crippen molar-refractivity contribution in [1.29, 1.82) is 0 Å². The van der Waals surface area contributed by atoms with E-state index in [1.807, 2.05) is 47.0 Å². The highest BCUT2D eigenvalue weighted by Crippen LogP contribution is 2.36. The van der Waals surface area contributed by atoms with Crippen LogP contribution in [0.1, 0.15) is 9.67 Å². The Hall–Kier alpha value is -3.21. The Labute approximate surface area is 173 Å². The Morgan fingerprint density at radius 2 is 1.86 bits per heavy atom. The molecule has 8 nitrogen and oxygen atoms in total. The van der Waals surface area contributed by atoms with Crippen LogP contribution in [0.3, 0.4) is 0 Å². The lowest BCUT2D eigenvalue weighted by atomic mass is 10.2. The molecule has 0 aliphatic carbocycles. The van der Waals surface area contributed by atoms with E-state index in [1.165, 1.54) is 18.0 Å². The van der Waals surface area contributed by atoms with Crippen LogP contribution in [0, 0.1) is 0 Å². The summed E-state index contributed by atoms with van der Waals surface area (Å²) in [5.41, 5.74) is 1.49. The van der Waals surface area contributed by atoms with Gasteiger partial charge in [0.05, 0.1) is 11.8 Å². The van der Waals surface area contributed by atoms with Gasteiger partial charge in [0, 0.05) is 5.69 Å². The van der Waals surface area contributed by atoms with Gasteiger partial charge in [0.25, 0.3) is 0 Å². The second kappa shape index (κ2) is 8.43. The minimum absolute atomic E-state index is 0.153. The van der Waals surface area contributed by atoms with E-state index in [0.717, 1.165) is 17.0 Å². The number of hydrogen-bond donors (Lipinski definition) is 2.